The van der Waals surface area contributed by atoms with Crippen LogP contribution >= 0.6 is 0 Å². The highest BCUT2D eigenvalue weighted by molar-refractivity contribution is 5.71. The lowest BCUT2D eigenvalue weighted by Gasteiger charge is -2.18. The molecule has 0 radical (unpaired) electrons. The molecule has 0 bridgehead atoms. The Bertz CT molecular complexity index is 1720. The van der Waals surface area contributed by atoms with Crippen LogP contribution in [-0.2, 0) is 28.6 Å². The number of carbonyl (C=O) groups is 3. The highest BCUT2D eigenvalue weighted by atomic mass is 16.6. The highest BCUT2D eigenvalue weighted by Crippen LogP contribution is 2.16. The molecule has 0 heterocycles. The van der Waals surface area contributed by atoms with Crippen LogP contribution in [0.25, 0.3) is 0 Å². The average Bonchev–Trinajstić information content (AvgIpc) is 3.47. The molecule has 0 fully saturated rings. The van der Waals surface area contributed by atoms with Gasteiger partial charge in [0.25, 0.3) is 0 Å². The maximum Gasteiger partial charge on any atom is 0.306 e. The number of carbonyl (C=O) groups excluding carboxylic acids is 3. The van der Waals surface area contributed by atoms with Crippen molar-refractivity contribution in [2.24, 2.45) is 0 Å². The number of hydrogen-bond acceptors (Lipinski definition) is 6. The van der Waals surface area contributed by atoms with Crippen LogP contribution < -0.4 is 0 Å². The third-order valence-corrected chi connectivity index (χ3v) is 14.1. The van der Waals surface area contributed by atoms with E-state index in [1.165, 1.54) is 128 Å². The summed E-state index contributed by atoms with van der Waals surface area (Å²) in [5.74, 6) is -0.902. The summed E-state index contributed by atoms with van der Waals surface area (Å²) in [4.78, 5) is 38.3. The Morgan fingerprint density at radius 2 is 0.481 bits per heavy atom. The minimum Gasteiger partial charge on any atom is -0.462 e. The van der Waals surface area contributed by atoms with E-state index >= 15 is 0 Å². The van der Waals surface area contributed by atoms with Crippen molar-refractivity contribution < 1.29 is 28.6 Å². The highest BCUT2D eigenvalue weighted by Gasteiger charge is 2.19. The van der Waals surface area contributed by atoms with Crippen LogP contribution in [0.2, 0.25) is 0 Å². The molecule has 0 saturated heterocycles. The Morgan fingerprint density at radius 3 is 0.765 bits per heavy atom. The Hall–Kier alpha value is -4.45. The third-order valence-electron chi connectivity index (χ3n) is 14.1. The van der Waals surface area contributed by atoms with Gasteiger partial charge in [0.2, 0.25) is 0 Å². The van der Waals surface area contributed by atoms with E-state index in [2.05, 4.69) is 154 Å². The molecule has 0 amide bonds. The molecule has 0 spiro atoms. The van der Waals surface area contributed by atoms with Crippen molar-refractivity contribution in [2.75, 3.05) is 13.2 Å². The van der Waals surface area contributed by atoms with E-state index in [1.54, 1.807) is 0 Å². The molecule has 0 aromatic heterocycles. The van der Waals surface area contributed by atoms with Crippen molar-refractivity contribution in [1.29, 1.82) is 0 Å². The van der Waals surface area contributed by atoms with E-state index in [0.29, 0.717) is 19.3 Å². The summed E-state index contributed by atoms with van der Waals surface area (Å²) < 4.78 is 16.9. The number of rotatable bonds is 60. The first kappa shape index (κ1) is 76.5. The number of unbranched alkanes of at least 4 members (excludes halogenated alkanes) is 27. The molecule has 1 atom stereocenters. The summed E-state index contributed by atoms with van der Waals surface area (Å²) in [5, 5.41) is 0. The van der Waals surface area contributed by atoms with Gasteiger partial charge in [-0.15, -0.1) is 0 Å². The quantitative estimate of drug-likeness (QED) is 0.0261. The molecule has 6 heteroatoms. The molecule has 81 heavy (non-hydrogen) atoms. The van der Waals surface area contributed by atoms with E-state index in [4.69, 9.17) is 14.2 Å². The maximum atomic E-state index is 12.9. The minimum absolute atomic E-state index is 0.0868. The van der Waals surface area contributed by atoms with Crippen molar-refractivity contribution in [2.45, 2.75) is 309 Å². The number of ether oxygens (including phenoxy) is 3. The molecule has 0 aliphatic rings. The lowest BCUT2D eigenvalue weighted by molar-refractivity contribution is -0.167. The monoisotopic (exact) mass is 1120 g/mol. The van der Waals surface area contributed by atoms with Crippen LogP contribution in [0.3, 0.4) is 0 Å². The van der Waals surface area contributed by atoms with Crippen LogP contribution in [0.5, 0.6) is 0 Å². The zero-order chi connectivity index (χ0) is 58.5. The molecule has 460 valence electrons. The molecule has 0 saturated carbocycles. The number of allylic oxidation sites excluding steroid dienone is 22. The van der Waals surface area contributed by atoms with Gasteiger partial charge in [0.05, 0.1) is 0 Å². The summed E-state index contributed by atoms with van der Waals surface area (Å²) in [6.45, 7) is 6.37. The van der Waals surface area contributed by atoms with E-state index in [1.807, 2.05) is 0 Å². The lowest BCUT2D eigenvalue weighted by atomic mass is 10.0. The van der Waals surface area contributed by atoms with Crippen molar-refractivity contribution >= 4 is 17.9 Å². The van der Waals surface area contributed by atoms with Crippen LogP contribution in [-0.4, -0.2) is 37.2 Å². The van der Waals surface area contributed by atoms with Crippen molar-refractivity contribution in [3.8, 4) is 0 Å². The second-order valence-corrected chi connectivity index (χ2v) is 22.0. The largest absolute Gasteiger partial charge is 0.462 e. The van der Waals surface area contributed by atoms with Gasteiger partial charge in [0.15, 0.2) is 6.10 Å². The fraction of sp³-hybridized carbons (Fsp3) is 0.667. The van der Waals surface area contributed by atoms with E-state index in [9.17, 15) is 14.4 Å². The predicted molar refractivity (Wildman–Crippen MR) is 353 cm³/mol. The third kappa shape index (κ3) is 66.2. The maximum absolute atomic E-state index is 12.9. The average molecular weight is 1120 g/mol. The summed E-state index contributed by atoms with van der Waals surface area (Å²) in [6, 6.07) is 0. The van der Waals surface area contributed by atoms with Gasteiger partial charge in [-0.05, 0) is 128 Å². The van der Waals surface area contributed by atoms with E-state index < -0.39 is 6.10 Å². The normalized spacial score (nSPS) is 13.0. The van der Waals surface area contributed by atoms with Gasteiger partial charge >= 0.3 is 17.9 Å². The Kier molecular flexibility index (Phi) is 64.3. The first-order chi connectivity index (χ1) is 40.0. The summed E-state index contributed by atoms with van der Waals surface area (Å²) in [7, 11) is 0. The summed E-state index contributed by atoms with van der Waals surface area (Å²) in [5.41, 5.74) is 0. The topological polar surface area (TPSA) is 78.9 Å². The summed E-state index contributed by atoms with van der Waals surface area (Å²) >= 11 is 0. The van der Waals surface area contributed by atoms with Gasteiger partial charge in [-0.3, -0.25) is 14.4 Å². The second kappa shape index (κ2) is 68.1. The van der Waals surface area contributed by atoms with Gasteiger partial charge < -0.3 is 14.2 Å². The van der Waals surface area contributed by atoms with Crippen molar-refractivity contribution in [1.82, 2.24) is 0 Å². The van der Waals surface area contributed by atoms with E-state index in [0.717, 1.165) is 135 Å². The molecule has 0 aliphatic carbocycles. The molecule has 0 aliphatic heterocycles. The van der Waals surface area contributed by atoms with Crippen LogP contribution in [0.4, 0.5) is 0 Å². The van der Waals surface area contributed by atoms with Crippen molar-refractivity contribution in [3.63, 3.8) is 0 Å². The molecule has 1 unspecified atom stereocenters. The second-order valence-electron chi connectivity index (χ2n) is 22.0. The lowest BCUT2D eigenvalue weighted by Crippen LogP contribution is -2.30. The molecule has 0 aromatic carbocycles. The van der Waals surface area contributed by atoms with Crippen molar-refractivity contribution in [3.05, 3.63) is 134 Å². The first-order valence-corrected chi connectivity index (χ1v) is 33.7. The predicted octanol–water partition coefficient (Wildman–Crippen LogP) is 23.3. The zero-order valence-electron chi connectivity index (χ0n) is 52.8. The SMILES string of the molecule is CC/C=C\C/C=C\C/C=C\C/C=C\C/C=C\C/C=C\CCCCCCCCCCCCCCC(=O)OCC(COC(=O)CCCCCCC/C=C\CCCC)OC(=O)CCCCCCCCCC/C=C\C/C=C\C/C=C\C/C=C\CC. The Labute approximate surface area is 500 Å². The van der Waals surface area contributed by atoms with Crippen LogP contribution in [0.15, 0.2) is 134 Å². The molecule has 0 aromatic rings. The fourth-order valence-corrected chi connectivity index (χ4v) is 9.13. The molecule has 0 N–H and O–H groups in total. The van der Waals surface area contributed by atoms with Crippen LogP contribution in [0.1, 0.15) is 303 Å². The summed E-state index contributed by atoms with van der Waals surface area (Å²) in [6.07, 6.45) is 96.1. The smallest absolute Gasteiger partial charge is 0.306 e. The van der Waals surface area contributed by atoms with Gasteiger partial charge in [-0.25, -0.2) is 0 Å². The fourth-order valence-electron chi connectivity index (χ4n) is 9.13. The molecule has 6 nitrogen and oxygen atoms in total. The number of esters is 3. The van der Waals surface area contributed by atoms with Gasteiger partial charge in [0, 0.05) is 19.3 Å². The molecule has 0 rings (SSSR count). The standard InChI is InChI=1S/C75H124O6/c1-4-7-10-13-16-19-22-24-26-28-30-32-33-34-35-36-37-38-39-40-41-43-44-46-48-50-53-56-59-62-65-68-74(77)80-71-72(70-79-73(76)67-64-61-58-55-52-21-18-15-12-9-6-3)81-75(78)69-66-63-60-57-54-51-49-47-45-42-31-29-27-25-23-20-17-14-11-8-5-2/h7-8,10-11,15-20,24-27,30-32,34-35,37-38,42,72H,4-6,9,12-14,21-23,28-29,33,36,39-41,43-71H2,1-3H3/b10-7-,11-8-,18-15-,19-16-,20-17-,26-24-,27-25-,32-30-,35-34-,38-37-,42-31-. The molecular weight excluding hydrogens is 997 g/mol. The van der Waals surface area contributed by atoms with Gasteiger partial charge in [-0.2, -0.15) is 0 Å². The minimum atomic E-state index is -0.791. The van der Waals surface area contributed by atoms with Gasteiger partial charge in [0.1, 0.15) is 13.2 Å². The zero-order valence-corrected chi connectivity index (χ0v) is 52.8. The molecular formula is C75H124O6. The first-order valence-electron chi connectivity index (χ1n) is 33.7. The van der Waals surface area contributed by atoms with Gasteiger partial charge in [-0.1, -0.05) is 289 Å². The van der Waals surface area contributed by atoms with E-state index in [-0.39, 0.29) is 31.1 Å². The number of hydrogen-bond donors (Lipinski definition) is 0. The van der Waals surface area contributed by atoms with Crippen LogP contribution in [0, 0.1) is 0 Å². The Morgan fingerprint density at radius 1 is 0.259 bits per heavy atom. The Balaban J connectivity index is 4.25.